The number of methoxy groups -OCH3 is 1. The second-order valence-electron chi connectivity index (χ2n) is 7.07. The molecule has 3 aromatic carbocycles. The van der Waals surface area contributed by atoms with Gasteiger partial charge in [-0.2, -0.15) is 0 Å². The highest BCUT2D eigenvalue weighted by Gasteiger charge is 2.16. The predicted molar refractivity (Wildman–Crippen MR) is 124 cm³/mol. The van der Waals surface area contributed by atoms with Crippen LogP contribution in [0.5, 0.6) is 5.75 Å². The molecule has 162 valence electrons. The molecule has 32 heavy (non-hydrogen) atoms. The second kappa shape index (κ2) is 9.23. The molecule has 1 amide bonds. The lowest BCUT2D eigenvalue weighted by Crippen LogP contribution is -2.23. The zero-order valence-electron chi connectivity index (χ0n) is 17.5. The van der Waals surface area contributed by atoms with Crippen molar-refractivity contribution in [3.05, 3.63) is 88.5 Å². The third-order valence-corrected chi connectivity index (χ3v) is 5.73. The van der Waals surface area contributed by atoms with Crippen molar-refractivity contribution in [1.82, 2.24) is 9.55 Å². The number of hydrogen-bond donors (Lipinski definition) is 1. The van der Waals surface area contributed by atoms with E-state index in [4.69, 9.17) is 4.74 Å². The number of carbonyl (C=O) groups excluding carboxylic acids is 1. The smallest absolute Gasteiger partial charge is 0.266 e. The summed E-state index contributed by atoms with van der Waals surface area (Å²) >= 11 is 1.13. The highest BCUT2D eigenvalue weighted by Crippen LogP contribution is 2.26. The first-order chi connectivity index (χ1) is 15.5. The molecule has 1 aromatic heterocycles. The number of nitrogens with zero attached hydrogens (tertiary/aromatic N) is 2. The van der Waals surface area contributed by atoms with Crippen molar-refractivity contribution in [2.75, 3.05) is 18.2 Å². The van der Waals surface area contributed by atoms with E-state index in [0.717, 1.165) is 17.3 Å². The molecule has 0 radical (unpaired) electrons. The van der Waals surface area contributed by atoms with Gasteiger partial charge >= 0.3 is 0 Å². The summed E-state index contributed by atoms with van der Waals surface area (Å²) in [6.45, 7) is 1.92. The highest BCUT2D eigenvalue weighted by molar-refractivity contribution is 7.99. The highest BCUT2D eigenvalue weighted by atomic mass is 32.2. The normalized spacial score (nSPS) is 10.8. The van der Waals surface area contributed by atoms with Gasteiger partial charge in [-0.3, -0.25) is 14.2 Å². The van der Waals surface area contributed by atoms with Crippen molar-refractivity contribution in [3.63, 3.8) is 0 Å². The molecule has 0 unspecified atom stereocenters. The molecule has 0 atom stereocenters. The number of amides is 1. The minimum atomic E-state index is -0.406. The van der Waals surface area contributed by atoms with E-state index in [1.54, 1.807) is 30.3 Å². The van der Waals surface area contributed by atoms with Gasteiger partial charge in [-0.15, -0.1) is 0 Å². The molecule has 4 aromatic rings. The van der Waals surface area contributed by atoms with Gasteiger partial charge in [-0.25, -0.2) is 9.37 Å². The lowest BCUT2D eigenvalue weighted by atomic mass is 10.2. The van der Waals surface area contributed by atoms with Gasteiger partial charge in [-0.1, -0.05) is 30.0 Å². The summed E-state index contributed by atoms with van der Waals surface area (Å²) in [4.78, 5) is 30.4. The number of halogens is 1. The van der Waals surface area contributed by atoms with Crippen LogP contribution in [-0.2, 0) is 4.79 Å². The van der Waals surface area contributed by atoms with Crippen molar-refractivity contribution in [2.45, 2.75) is 12.1 Å². The molecule has 1 heterocycles. The zero-order chi connectivity index (χ0) is 22.7. The molecule has 0 saturated heterocycles. The number of hydrogen-bond acceptors (Lipinski definition) is 5. The average Bonchev–Trinajstić information content (AvgIpc) is 2.79. The zero-order valence-corrected chi connectivity index (χ0v) is 18.3. The lowest BCUT2D eigenvalue weighted by Gasteiger charge is -2.14. The molecule has 0 bridgehead atoms. The summed E-state index contributed by atoms with van der Waals surface area (Å²) < 4.78 is 20.1. The fourth-order valence-corrected chi connectivity index (χ4v) is 4.08. The number of anilines is 1. The van der Waals surface area contributed by atoms with Crippen molar-refractivity contribution < 1.29 is 13.9 Å². The number of para-hydroxylation sites is 1. The van der Waals surface area contributed by atoms with Gasteiger partial charge in [0.1, 0.15) is 11.6 Å². The van der Waals surface area contributed by atoms with E-state index in [-0.39, 0.29) is 17.2 Å². The first kappa shape index (κ1) is 21.6. The number of carbonyl (C=O) groups is 1. The van der Waals surface area contributed by atoms with Crippen LogP contribution in [0.25, 0.3) is 16.6 Å². The van der Waals surface area contributed by atoms with E-state index in [0.29, 0.717) is 33.2 Å². The van der Waals surface area contributed by atoms with Gasteiger partial charge in [0, 0.05) is 0 Å². The molecule has 0 spiro atoms. The van der Waals surface area contributed by atoms with Crippen LogP contribution in [0, 0.1) is 12.7 Å². The number of fused-ring (bicyclic) bond motifs is 1. The maximum absolute atomic E-state index is 13.4. The van der Waals surface area contributed by atoms with E-state index in [9.17, 15) is 14.0 Å². The molecule has 0 fully saturated rings. The van der Waals surface area contributed by atoms with Crippen molar-refractivity contribution in [3.8, 4) is 11.4 Å². The summed E-state index contributed by atoms with van der Waals surface area (Å²) in [5.41, 5.74) is 2.26. The summed E-state index contributed by atoms with van der Waals surface area (Å²) in [6.07, 6.45) is 0. The van der Waals surface area contributed by atoms with Crippen LogP contribution in [0.4, 0.5) is 10.1 Å². The van der Waals surface area contributed by atoms with E-state index < -0.39 is 5.82 Å². The van der Waals surface area contributed by atoms with Crippen LogP contribution in [0.3, 0.4) is 0 Å². The molecule has 6 nitrogen and oxygen atoms in total. The van der Waals surface area contributed by atoms with E-state index in [1.165, 1.54) is 35.9 Å². The Morgan fingerprint density at radius 1 is 1.12 bits per heavy atom. The van der Waals surface area contributed by atoms with Gasteiger partial charge in [0.05, 0.1) is 35.1 Å². The van der Waals surface area contributed by atoms with E-state index in [1.807, 2.05) is 19.1 Å². The minimum Gasteiger partial charge on any atom is -0.495 e. The number of nitrogens with one attached hydrogen (secondary N) is 1. The Balaban J connectivity index is 1.66. The first-order valence-electron chi connectivity index (χ1n) is 9.81. The largest absolute Gasteiger partial charge is 0.495 e. The van der Waals surface area contributed by atoms with Crippen LogP contribution < -0.4 is 15.6 Å². The molecule has 0 saturated carbocycles. The van der Waals surface area contributed by atoms with Crippen LogP contribution in [0.1, 0.15) is 5.56 Å². The summed E-state index contributed by atoms with van der Waals surface area (Å²) in [6, 6.07) is 18.1. The fraction of sp³-hybridized carbons (Fsp3) is 0.125. The third kappa shape index (κ3) is 4.50. The Hall–Kier alpha value is -3.65. The molecule has 0 aliphatic rings. The van der Waals surface area contributed by atoms with E-state index in [2.05, 4.69) is 10.3 Å². The summed E-state index contributed by atoms with van der Waals surface area (Å²) in [7, 11) is 1.54. The Bertz CT molecular complexity index is 1350. The van der Waals surface area contributed by atoms with Gasteiger partial charge in [0.2, 0.25) is 5.91 Å². The number of aromatic nitrogens is 2. The van der Waals surface area contributed by atoms with E-state index >= 15 is 0 Å². The van der Waals surface area contributed by atoms with Gasteiger partial charge in [-0.05, 0) is 61.0 Å². The van der Waals surface area contributed by atoms with Gasteiger partial charge in [0.25, 0.3) is 5.56 Å². The molecular formula is C24H20FN3O3S. The Labute approximate surface area is 188 Å². The molecule has 4 rings (SSSR count). The molecule has 0 aliphatic heterocycles. The Kier molecular flexibility index (Phi) is 6.23. The Morgan fingerprint density at radius 3 is 2.62 bits per heavy atom. The number of rotatable bonds is 6. The molecule has 1 N–H and O–H groups in total. The van der Waals surface area contributed by atoms with Crippen LogP contribution in [-0.4, -0.2) is 28.3 Å². The first-order valence-corrected chi connectivity index (χ1v) is 10.8. The molecule has 0 aliphatic carbocycles. The number of benzene rings is 3. The van der Waals surface area contributed by atoms with Gasteiger partial charge in [0.15, 0.2) is 5.16 Å². The van der Waals surface area contributed by atoms with Crippen molar-refractivity contribution >= 4 is 34.3 Å². The standard InChI is InChI=1S/C24H20FN3O3S/c1-15-7-12-21(31-2)20(13-15)26-22(29)14-32-24-27-19-6-4-3-5-18(19)23(30)28(24)17-10-8-16(25)9-11-17/h3-13H,14H2,1-2H3,(H,26,29). The average molecular weight is 450 g/mol. The maximum Gasteiger partial charge on any atom is 0.266 e. The SMILES string of the molecule is COc1ccc(C)cc1NC(=O)CSc1nc2ccccc2c(=O)n1-c1ccc(F)cc1. The summed E-state index contributed by atoms with van der Waals surface area (Å²) in [5.74, 6) is -0.104. The van der Waals surface area contributed by atoms with Crippen molar-refractivity contribution in [1.29, 1.82) is 0 Å². The number of ether oxygens (including phenoxy) is 1. The lowest BCUT2D eigenvalue weighted by molar-refractivity contribution is -0.113. The number of aryl methyl sites for hydroxylation is 1. The van der Waals surface area contributed by atoms with Gasteiger partial charge < -0.3 is 10.1 Å². The topological polar surface area (TPSA) is 73.2 Å². The second-order valence-corrected chi connectivity index (χ2v) is 8.01. The third-order valence-electron chi connectivity index (χ3n) is 4.79. The molecule has 8 heteroatoms. The fourth-order valence-electron chi connectivity index (χ4n) is 3.26. The minimum absolute atomic E-state index is 0.0169. The van der Waals surface area contributed by atoms with Crippen molar-refractivity contribution in [2.24, 2.45) is 0 Å². The quantitative estimate of drug-likeness (QED) is 0.345. The summed E-state index contributed by atoms with van der Waals surface area (Å²) in [5, 5.41) is 3.62. The Morgan fingerprint density at radius 2 is 1.88 bits per heavy atom. The van der Waals surface area contributed by atoms with Crippen LogP contribution >= 0.6 is 11.8 Å². The predicted octanol–water partition coefficient (Wildman–Crippen LogP) is 4.57. The maximum atomic E-state index is 13.4. The molecular weight excluding hydrogens is 429 g/mol. The monoisotopic (exact) mass is 449 g/mol. The van der Waals surface area contributed by atoms with Crippen LogP contribution in [0.2, 0.25) is 0 Å². The van der Waals surface area contributed by atoms with Crippen LogP contribution in [0.15, 0.2) is 76.7 Å². The number of thioether (sulfide) groups is 1.